The van der Waals surface area contributed by atoms with Crippen LogP contribution in [0.15, 0.2) is 36.5 Å². The van der Waals surface area contributed by atoms with Crippen LogP contribution < -0.4 is 0 Å². The lowest BCUT2D eigenvalue weighted by molar-refractivity contribution is 1.06. The molecule has 0 N–H and O–H groups in total. The summed E-state index contributed by atoms with van der Waals surface area (Å²) in [6, 6.07) is 10.4. The molecule has 0 saturated heterocycles. The molecule has 0 aliphatic rings. The smallest absolute Gasteiger partial charge is 0.125 e. The Kier molecular flexibility index (Phi) is 2.77. The molecule has 1 aromatic heterocycles. The van der Waals surface area contributed by atoms with Crippen LogP contribution >= 0.6 is 0 Å². The summed E-state index contributed by atoms with van der Waals surface area (Å²) in [5.41, 5.74) is 3.50. The lowest BCUT2D eigenvalue weighted by Gasteiger charge is -2.03. The van der Waals surface area contributed by atoms with E-state index in [4.69, 9.17) is 0 Å². The molecule has 0 bridgehead atoms. The standard InChI is InChI=1S/C13H14N2/c1-3-11-5-4-6-12(9-11)13-7-8-14-10(2)15-13/h4-9H,3H2,1-2H3. The SMILES string of the molecule is CCc1cccc(-c2ccnc(C)n2)c1. The number of hydrogen-bond acceptors (Lipinski definition) is 2. The molecule has 2 nitrogen and oxygen atoms in total. The van der Waals surface area contributed by atoms with E-state index in [0.29, 0.717) is 0 Å². The van der Waals surface area contributed by atoms with Crippen molar-refractivity contribution in [2.75, 3.05) is 0 Å². The van der Waals surface area contributed by atoms with Gasteiger partial charge in [0.1, 0.15) is 5.82 Å². The Labute approximate surface area is 90.0 Å². The Hall–Kier alpha value is -1.70. The van der Waals surface area contributed by atoms with E-state index in [1.807, 2.05) is 13.0 Å². The molecular formula is C13H14N2. The average molecular weight is 198 g/mol. The first-order valence-electron chi connectivity index (χ1n) is 5.18. The zero-order valence-electron chi connectivity index (χ0n) is 9.07. The van der Waals surface area contributed by atoms with Gasteiger partial charge in [0.2, 0.25) is 0 Å². The molecule has 0 unspecified atom stereocenters. The molecule has 0 aliphatic carbocycles. The molecule has 1 aromatic carbocycles. The monoisotopic (exact) mass is 198 g/mol. The minimum Gasteiger partial charge on any atom is -0.242 e. The third kappa shape index (κ3) is 2.21. The van der Waals surface area contributed by atoms with E-state index < -0.39 is 0 Å². The predicted octanol–water partition coefficient (Wildman–Crippen LogP) is 3.01. The highest BCUT2D eigenvalue weighted by atomic mass is 14.9. The van der Waals surface area contributed by atoms with Crippen LogP contribution in [0.3, 0.4) is 0 Å². The van der Waals surface area contributed by atoms with Crippen LogP contribution in [0.4, 0.5) is 0 Å². The minimum atomic E-state index is 0.814. The molecule has 0 spiro atoms. The Morgan fingerprint density at radius 3 is 2.80 bits per heavy atom. The van der Waals surface area contributed by atoms with Crippen molar-refractivity contribution in [2.24, 2.45) is 0 Å². The van der Waals surface area contributed by atoms with Gasteiger partial charge >= 0.3 is 0 Å². The molecule has 0 aliphatic heterocycles. The molecule has 2 aromatic rings. The first-order chi connectivity index (χ1) is 7.29. The van der Waals surface area contributed by atoms with Crippen LogP contribution in [0.2, 0.25) is 0 Å². The quantitative estimate of drug-likeness (QED) is 0.741. The summed E-state index contributed by atoms with van der Waals surface area (Å²) in [5.74, 6) is 0.814. The minimum absolute atomic E-state index is 0.814. The second kappa shape index (κ2) is 4.22. The van der Waals surface area contributed by atoms with Gasteiger partial charge in [-0.3, -0.25) is 0 Å². The van der Waals surface area contributed by atoms with E-state index in [9.17, 15) is 0 Å². The number of aryl methyl sites for hydroxylation is 2. The van der Waals surface area contributed by atoms with Crippen molar-refractivity contribution in [3.8, 4) is 11.3 Å². The fourth-order valence-electron chi connectivity index (χ4n) is 1.57. The molecule has 76 valence electrons. The normalized spacial score (nSPS) is 10.3. The summed E-state index contributed by atoms with van der Waals surface area (Å²) in [4.78, 5) is 8.50. The van der Waals surface area contributed by atoms with Gasteiger partial charge in [-0.25, -0.2) is 9.97 Å². The van der Waals surface area contributed by atoms with Crippen LogP contribution in [-0.4, -0.2) is 9.97 Å². The average Bonchev–Trinajstić information content (AvgIpc) is 2.29. The van der Waals surface area contributed by atoms with Crippen molar-refractivity contribution in [2.45, 2.75) is 20.3 Å². The van der Waals surface area contributed by atoms with Crippen molar-refractivity contribution >= 4 is 0 Å². The maximum Gasteiger partial charge on any atom is 0.125 e. The van der Waals surface area contributed by atoms with Crippen LogP contribution in [0.25, 0.3) is 11.3 Å². The number of aromatic nitrogens is 2. The van der Waals surface area contributed by atoms with Crippen molar-refractivity contribution in [1.29, 1.82) is 0 Å². The first kappa shape index (κ1) is 9.84. The highest BCUT2D eigenvalue weighted by Crippen LogP contribution is 2.17. The Bertz CT molecular complexity index is 464. The van der Waals surface area contributed by atoms with Crippen LogP contribution in [0, 0.1) is 6.92 Å². The van der Waals surface area contributed by atoms with Gasteiger partial charge in [0, 0.05) is 11.8 Å². The maximum atomic E-state index is 4.41. The Morgan fingerprint density at radius 1 is 1.20 bits per heavy atom. The van der Waals surface area contributed by atoms with Crippen molar-refractivity contribution < 1.29 is 0 Å². The lowest BCUT2D eigenvalue weighted by atomic mass is 10.1. The van der Waals surface area contributed by atoms with E-state index in [-0.39, 0.29) is 0 Å². The second-order valence-corrected chi connectivity index (χ2v) is 3.54. The largest absolute Gasteiger partial charge is 0.242 e. The van der Waals surface area contributed by atoms with Crippen LogP contribution in [-0.2, 0) is 6.42 Å². The molecule has 0 radical (unpaired) electrons. The molecule has 0 atom stereocenters. The van der Waals surface area contributed by atoms with E-state index in [1.165, 1.54) is 11.1 Å². The maximum absolute atomic E-state index is 4.41. The molecule has 0 saturated carbocycles. The fraction of sp³-hybridized carbons (Fsp3) is 0.231. The van der Waals surface area contributed by atoms with Crippen molar-refractivity contribution in [3.05, 3.63) is 47.9 Å². The van der Waals surface area contributed by atoms with Crippen molar-refractivity contribution in [3.63, 3.8) is 0 Å². The van der Waals surface area contributed by atoms with E-state index in [1.54, 1.807) is 6.20 Å². The van der Waals surface area contributed by atoms with Gasteiger partial charge < -0.3 is 0 Å². The number of rotatable bonds is 2. The van der Waals surface area contributed by atoms with Gasteiger partial charge in [-0.2, -0.15) is 0 Å². The van der Waals surface area contributed by atoms with Gasteiger partial charge in [0.25, 0.3) is 0 Å². The number of nitrogens with zero attached hydrogens (tertiary/aromatic N) is 2. The summed E-state index contributed by atoms with van der Waals surface area (Å²) in [5, 5.41) is 0. The second-order valence-electron chi connectivity index (χ2n) is 3.54. The highest BCUT2D eigenvalue weighted by molar-refractivity contribution is 5.59. The molecule has 0 amide bonds. The first-order valence-corrected chi connectivity index (χ1v) is 5.18. The summed E-state index contributed by atoms with van der Waals surface area (Å²) in [6.07, 6.45) is 2.86. The van der Waals surface area contributed by atoms with E-state index in [0.717, 1.165) is 17.9 Å². The molecule has 15 heavy (non-hydrogen) atoms. The molecule has 2 rings (SSSR count). The molecule has 2 heteroatoms. The van der Waals surface area contributed by atoms with Crippen LogP contribution in [0.1, 0.15) is 18.3 Å². The van der Waals surface area contributed by atoms with Gasteiger partial charge in [-0.1, -0.05) is 25.1 Å². The van der Waals surface area contributed by atoms with Gasteiger partial charge in [0.15, 0.2) is 0 Å². The third-order valence-electron chi connectivity index (χ3n) is 2.41. The third-order valence-corrected chi connectivity index (χ3v) is 2.41. The molecule has 1 heterocycles. The fourth-order valence-corrected chi connectivity index (χ4v) is 1.57. The van der Waals surface area contributed by atoms with Gasteiger partial charge in [0.05, 0.1) is 5.69 Å². The van der Waals surface area contributed by atoms with Crippen molar-refractivity contribution in [1.82, 2.24) is 9.97 Å². The topological polar surface area (TPSA) is 25.8 Å². The van der Waals surface area contributed by atoms with E-state index in [2.05, 4.69) is 41.2 Å². The molecular weight excluding hydrogens is 184 g/mol. The molecule has 0 fully saturated rings. The van der Waals surface area contributed by atoms with E-state index >= 15 is 0 Å². The lowest BCUT2D eigenvalue weighted by Crippen LogP contribution is -1.90. The highest BCUT2D eigenvalue weighted by Gasteiger charge is 2.00. The summed E-state index contributed by atoms with van der Waals surface area (Å²) >= 11 is 0. The Balaban J connectivity index is 2.44. The summed E-state index contributed by atoms with van der Waals surface area (Å²) in [7, 11) is 0. The Morgan fingerprint density at radius 2 is 2.07 bits per heavy atom. The predicted molar refractivity (Wildman–Crippen MR) is 61.6 cm³/mol. The number of benzene rings is 1. The summed E-state index contributed by atoms with van der Waals surface area (Å²) in [6.45, 7) is 4.07. The summed E-state index contributed by atoms with van der Waals surface area (Å²) < 4.78 is 0. The van der Waals surface area contributed by atoms with Gasteiger partial charge in [-0.15, -0.1) is 0 Å². The number of hydrogen-bond donors (Lipinski definition) is 0. The van der Waals surface area contributed by atoms with Crippen LogP contribution in [0.5, 0.6) is 0 Å². The van der Waals surface area contributed by atoms with Gasteiger partial charge in [-0.05, 0) is 31.0 Å². The zero-order chi connectivity index (χ0) is 10.7. The zero-order valence-corrected chi connectivity index (χ0v) is 9.07.